The monoisotopic (exact) mass is 273 g/mol. The molecule has 0 saturated heterocycles. The summed E-state index contributed by atoms with van der Waals surface area (Å²) in [6, 6.07) is 10.8. The summed E-state index contributed by atoms with van der Waals surface area (Å²) in [6.45, 7) is 5.60. The van der Waals surface area contributed by atoms with Crippen LogP contribution in [0.3, 0.4) is 0 Å². The lowest BCUT2D eigenvalue weighted by molar-refractivity contribution is 0.625. The molecule has 0 spiro atoms. The van der Waals surface area contributed by atoms with Crippen LogP contribution in [0.25, 0.3) is 0 Å². The number of rotatable bonds is 6. The molecule has 0 aliphatic carbocycles. The summed E-state index contributed by atoms with van der Waals surface area (Å²) >= 11 is 0. The smallest absolute Gasteiger partial charge is 0.128 e. The number of aromatic nitrogens is 1. The van der Waals surface area contributed by atoms with Gasteiger partial charge in [-0.2, -0.15) is 0 Å². The molecule has 2 N–H and O–H groups in total. The molecule has 1 aromatic heterocycles. The maximum Gasteiger partial charge on any atom is 0.128 e. The Hall–Kier alpha value is -2.10. The first-order chi connectivity index (χ1) is 9.69. The maximum absolute atomic E-state index is 13.0. The maximum atomic E-state index is 13.0. The van der Waals surface area contributed by atoms with E-state index >= 15 is 0 Å². The molecule has 0 saturated carbocycles. The third-order valence-corrected chi connectivity index (χ3v) is 3.11. The van der Waals surface area contributed by atoms with Crippen LogP contribution in [-0.2, 0) is 6.42 Å². The van der Waals surface area contributed by atoms with Crippen LogP contribution in [0.15, 0.2) is 36.4 Å². The minimum atomic E-state index is -0.181. The first-order valence-corrected chi connectivity index (χ1v) is 6.89. The van der Waals surface area contributed by atoms with Gasteiger partial charge in [0.2, 0.25) is 0 Å². The van der Waals surface area contributed by atoms with Crippen molar-refractivity contribution in [2.24, 2.45) is 0 Å². The van der Waals surface area contributed by atoms with E-state index in [-0.39, 0.29) is 5.82 Å². The largest absolute Gasteiger partial charge is 0.370 e. The molecule has 20 heavy (non-hydrogen) atoms. The second-order valence-electron chi connectivity index (χ2n) is 4.69. The van der Waals surface area contributed by atoms with Crippen LogP contribution in [0.5, 0.6) is 0 Å². The molecule has 0 unspecified atom stereocenters. The zero-order valence-electron chi connectivity index (χ0n) is 11.9. The van der Waals surface area contributed by atoms with Gasteiger partial charge in [-0.15, -0.1) is 0 Å². The van der Waals surface area contributed by atoms with Crippen LogP contribution in [0.1, 0.15) is 18.1 Å². The van der Waals surface area contributed by atoms with Gasteiger partial charge in [0.1, 0.15) is 17.5 Å². The Balaban J connectivity index is 1.90. The Kier molecular flexibility index (Phi) is 4.93. The van der Waals surface area contributed by atoms with Gasteiger partial charge in [-0.1, -0.05) is 12.1 Å². The fourth-order valence-electron chi connectivity index (χ4n) is 2.08. The number of hydrogen-bond donors (Lipinski definition) is 2. The molecule has 0 amide bonds. The molecule has 0 aliphatic heterocycles. The predicted octanol–water partition coefficient (Wildman–Crippen LogP) is 3.62. The summed E-state index contributed by atoms with van der Waals surface area (Å²) in [6.07, 6.45) is 0.846. The molecule has 0 atom stereocenters. The molecule has 2 aromatic rings. The fourth-order valence-corrected chi connectivity index (χ4v) is 2.08. The van der Waals surface area contributed by atoms with E-state index in [2.05, 4.69) is 15.6 Å². The van der Waals surface area contributed by atoms with Gasteiger partial charge in [0, 0.05) is 13.1 Å². The van der Waals surface area contributed by atoms with Crippen molar-refractivity contribution >= 4 is 11.6 Å². The van der Waals surface area contributed by atoms with Gasteiger partial charge in [-0.25, -0.2) is 9.37 Å². The highest BCUT2D eigenvalue weighted by molar-refractivity contribution is 5.45. The van der Waals surface area contributed by atoms with Gasteiger partial charge < -0.3 is 10.6 Å². The van der Waals surface area contributed by atoms with Crippen molar-refractivity contribution in [2.45, 2.75) is 20.3 Å². The van der Waals surface area contributed by atoms with Crippen LogP contribution in [0, 0.1) is 12.7 Å². The van der Waals surface area contributed by atoms with Crippen molar-refractivity contribution in [3.05, 3.63) is 53.3 Å². The summed E-state index contributed by atoms with van der Waals surface area (Å²) in [7, 11) is 0. The SMILES string of the molecule is CCNc1cccc(NCCc2ccc(F)cc2C)n1. The number of nitrogens with zero attached hydrogens (tertiary/aromatic N) is 1. The number of nitrogens with one attached hydrogen (secondary N) is 2. The van der Waals surface area contributed by atoms with Crippen LogP contribution in [-0.4, -0.2) is 18.1 Å². The van der Waals surface area contributed by atoms with E-state index in [0.29, 0.717) is 0 Å². The van der Waals surface area contributed by atoms with Crippen molar-refractivity contribution in [2.75, 3.05) is 23.7 Å². The molecule has 3 nitrogen and oxygen atoms in total. The summed E-state index contributed by atoms with van der Waals surface area (Å²) in [4.78, 5) is 4.45. The summed E-state index contributed by atoms with van der Waals surface area (Å²) in [5.41, 5.74) is 2.14. The van der Waals surface area contributed by atoms with Crippen molar-refractivity contribution in [3.8, 4) is 0 Å². The Morgan fingerprint density at radius 2 is 1.85 bits per heavy atom. The normalized spacial score (nSPS) is 10.3. The average Bonchev–Trinajstić information content (AvgIpc) is 2.42. The highest BCUT2D eigenvalue weighted by Gasteiger charge is 2.01. The Morgan fingerprint density at radius 3 is 2.55 bits per heavy atom. The molecule has 1 aromatic carbocycles. The molecular weight excluding hydrogens is 253 g/mol. The molecule has 0 aliphatic rings. The van der Waals surface area contributed by atoms with E-state index in [4.69, 9.17) is 0 Å². The van der Waals surface area contributed by atoms with E-state index in [0.717, 1.165) is 42.3 Å². The zero-order chi connectivity index (χ0) is 14.4. The number of hydrogen-bond acceptors (Lipinski definition) is 3. The second kappa shape index (κ2) is 6.89. The molecule has 4 heteroatoms. The van der Waals surface area contributed by atoms with Crippen LogP contribution in [0.2, 0.25) is 0 Å². The predicted molar refractivity (Wildman–Crippen MR) is 81.7 cm³/mol. The molecule has 0 fully saturated rings. The molecule has 106 valence electrons. The van der Waals surface area contributed by atoms with Gasteiger partial charge >= 0.3 is 0 Å². The lowest BCUT2D eigenvalue weighted by Gasteiger charge is -2.09. The minimum absolute atomic E-state index is 0.181. The number of aryl methyl sites for hydroxylation is 1. The van der Waals surface area contributed by atoms with Crippen LogP contribution >= 0.6 is 0 Å². The van der Waals surface area contributed by atoms with E-state index in [1.807, 2.05) is 38.1 Å². The number of pyridine rings is 1. The summed E-state index contributed by atoms with van der Waals surface area (Å²) in [5.74, 6) is 1.54. The molecule has 2 rings (SSSR count). The summed E-state index contributed by atoms with van der Waals surface area (Å²) in [5, 5.41) is 6.47. The molecule has 0 radical (unpaired) electrons. The Labute approximate surface area is 119 Å². The van der Waals surface area contributed by atoms with Crippen molar-refractivity contribution in [1.29, 1.82) is 0 Å². The Bertz CT molecular complexity index is 569. The lowest BCUT2D eigenvalue weighted by atomic mass is 10.1. The lowest BCUT2D eigenvalue weighted by Crippen LogP contribution is -2.08. The third-order valence-electron chi connectivity index (χ3n) is 3.11. The standard InChI is InChI=1S/C16H20FN3/c1-3-18-15-5-4-6-16(20-15)19-10-9-13-7-8-14(17)11-12(13)2/h4-8,11H,3,9-10H2,1-2H3,(H2,18,19,20). The average molecular weight is 273 g/mol. The summed E-state index contributed by atoms with van der Waals surface area (Å²) < 4.78 is 13.0. The molecule has 1 heterocycles. The van der Waals surface area contributed by atoms with Gasteiger partial charge in [-0.3, -0.25) is 0 Å². The van der Waals surface area contributed by atoms with E-state index in [1.54, 1.807) is 6.07 Å². The molecular formula is C16H20FN3. The number of benzene rings is 1. The third kappa shape index (κ3) is 3.95. The van der Waals surface area contributed by atoms with E-state index in [9.17, 15) is 4.39 Å². The highest BCUT2D eigenvalue weighted by Crippen LogP contribution is 2.12. The van der Waals surface area contributed by atoms with Gasteiger partial charge in [0.05, 0.1) is 0 Å². The Morgan fingerprint density at radius 1 is 1.10 bits per heavy atom. The van der Waals surface area contributed by atoms with Crippen LogP contribution in [0.4, 0.5) is 16.0 Å². The molecule has 0 bridgehead atoms. The van der Waals surface area contributed by atoms with E-state index in [1.165, 1.54) is 6.07 Å². The van der Waals surface area contributed by atoms with Crippen molar-refractivity contribution < 1.29 is 4.39 Å². The van der Waals surface area contributed by atoms with Crippen molar-refractivity contribution in [3.63, 3.8) is 0 Å². The minimum Gasteiger partial charge on any atom is -0.370 e. The van der Waals surface area contributed by atoms with Gasteiger partial charge in [0.25, 0.3) is 0 Å². The van der Waals surface area contributed by atoms with Gasteiger partial charge in [-0.05, 0) is 55.7 Å². The topological polar surface area (TPSA) is 37.0 Å². The fraction of sp³-hybridized carbons (Fsp3) is 0.312. The first-order valence-electron chi connectivity index (χ1n) is 6.89. The second-order valence-corrected chi connectivity index (χ2v) is 4.69. The number of anilines is 2. The van der Waals surface area contributed by atoms with E-state index < -0.39 is 0 Å². The van der Waals surface area contributed by atoms with Gasteiger partial charge in [0.15, 0.2) is 0 Å². The number of halogens is 1. The van der Waals surface area contributed by atoms with Crippen molar-refractivity contribution in [1.82, 2.24) is 4.98 Å². The quantitative estimate of drug-likeness (QED) is 0.844. The first kappa shape index (κ1) is 14.3. The highest BCUT2D eigenvalue weighted by atomic mass is 19.1. The van der Waals surface area contributed by atoms with Crippen LogP contribution < -0.4 is 10.6 Å². The zero-order valence-corrected chi connectivity index (χ0v) is 11.9.